The highest BCUT2D eigenvalue weighted by molar-refractivity contribution is 9.10. The molecule has 1 aromatic carbocycles. The molecule has 0 saturated carbocycles. The maximum Gasteiger partial charge on any atom is 0.252 e. The summed E-state index contributed by atoms with van der Waals surface area (Å²) >= 11 is 3.35. The number of hydrogen-bond donors (Lipinski definition) is 2. The fourth-order valence-corrected chi connectivity index (χ4v) is 2.34. The third kappa shape index (κ3) is 5.21. The van der Waals surface area contributed by atoms with Crippen LogP contribution in [0.25, 0.3) is 0 Å². The Morgan fingerprint density at radius 1 is 1.30 bits per heavy atom. The van der Waals surface area contributed by atoms with Gasteiger partial charge >= 0.3 is 0 Å². The van der Waals surface area contributed by atoms with Crippen LogP contribution in [0.5, 0.6) is 5.75 Å². The number of nitrogens with one attached hydrogen (secondary N) is 2. The van der Waals surface area contributed by atoms with Crippen molar-refractivity contribution in [1.82, 2.24) is 10.3 Å². The summed E-state index contributed by atoms with van der Waals surface area (Å²) in [5, 5.41) is 5.83. The highest BCUT2D eigenvalue weighted by Gasteiger charge is 2.10. The number of anilines is 1. The number of halogens is 2. The number of pyridine rings is 1. The number of hydrogen-bond acceptors (Lipinski definition) is 4. The second-order valence-corrected chi connectivity index (χ2v) is 5.58. The van der Waals surface area contributed by atoms with Crippen molar-refractivity contribution in [3.63, 3.8) is 0 Å². The number of nitrogens with zero attached hydrogens (tertiary/aromatic N) is 1. The molecule has 0 saturated heterocycles. The average molecular weight is 382 g/mol. The fraction of sp³-hybridized carbons (Fsp3) is 0.250. The predicted molar refractivity (Wildman–Crippen MR) is 90.3 cm³/mol. The van der Waals surface area contributed by atoms with Gasteiger partial charge in [-0.25, -0.2) is 4.98 Å². The summed E-state index contributed by atoms with van der Waals surface area (Å²) < 4.78 is 18.7. The molecule has 5 nitrogen and oxygen atoms in total. The third-order valence-electron chi connectivity index (χ3n) is 3.08. The summed E-state index contributed by atoms with van der Waals surface area (Å²) in [4.78, 5) is 15.8. The van der Waals surface area contributed by atoms with Gasteiger partial charge in [-0.3, -0.25) is 4.79 Å². The normalized spacial score (nSPS) is 10.2. The van der Waals surface area contributed by atoms with Crippen LogP contribution >= 0.6 is 15.9 Å². The fourth-order valence-electron chi connectivity index (χ4n) is 1.91. The van der Waals surface area contributed by atoms with Crippen molar-refractivity contribution in [3.05, 3.63) is 52.4 Å². The summed E-state index contributed by atoms with van der Waals surface area (Å²) in [6, 6.07) is 9.79. The van der Waals surface area contributed by atoms with Crippen LogP contribution < -0.4 is 15.4 Å². The molecule has 0 aliphatic heterocycles. The Labute approximate surface area is 142 Å². The van der Waals surface area contributed by atoms with Crippen LogP contribution in [0.15, 0.2) is 40.9 Å². The Morgan fingerprint density at radius 3 is 2.87 bits per heavy atom. The highest BCUT2D eigenvalue weighted by atomic mass is 79.9. The number of amides is 1. The van der Waals surface area contributed by atoms with Crippen molar-refractivity contribution in [3.8, 4) is 5.75 Å². The molecule has 23 heavy (non-hydrogen) atoms. The Balaban J connectivity index is 1.77. The molecule has 0 unspecified atom stereocenters. The topological polar surface area (TPSA) is 63.2 Å². The van der Waals surface area contributed by atoms with E-state index in [0.29, 0.717) is 41.1 Å². The van der Waals surface area contributed by atoms with Gasteiger partial charge in [0, 0.05) is 17.6 Å². The van der Waals surface area contributed by atoms with Crippen LogP contribution in [0.3, 0.4) is 0 Å². The van der Waals surface area contributed by atoms with E-state index in [1.54, 1.807) is 37.4 Å². The van der Waals surface area contributed by atoms with Gasteiger partial charge in [0.1, 0.15) is 11.6 Å². The van der Waals surface area contributed by atoms with Crippen molar-refractivity contribution in [2.24, 2.45) is 0 Å². The van der Waals surface area contributed by atoms with Crippen molar-refractivity contribution in [2.75, 3.05) is 25.5 Å². The maximum absolute atomic E-state index is 12.9. The smallest absolute Gasteiger partial charge is 0.252 e. The molecule has 0 fully saturated rings. The van der Waals surface area contributed by atoms with E-state index in [1.165, 1.54) is 6.07 Å². The van der Waals surface area contributed by atoms with E-state index >= 15 is 0 Å². The molecular formula is C16H17BrFN3O2. The first-order valence-corrected chi connectivity index (χ1v) is 7.87. The summed E-state index contributed by atoms with van der Waals surface area (Å²) in [7, 11) is 1.55. The van der Waals surface area contributed by atoms with Crippen molar-refractivity contribution >= 4 is 27.7 Å². The second kappa shape index (κ2) is 8.47. The van der Waals surface area contributed by atoms with Crippen molar-refractivity contribution in [1.29, 1.82) is 0 Å². The molecule has 0 aliphatic carbocycles. The van der Waals surface area contributed by atoms with Crippen LogP contribution in [0.2, 0.25) is 0 Å². The minimum atomic E-state index is -0.522. The maximum atomic E-state index is 12.9. The van der Waals surface area contributed by atoms with Crippen LogP contribution in [0.4, 0.5) is 10.2 Å². The van der Waals surface area contributed by atoms with Gasteiger partial charge in [-0.15, -0.1) is 0 Å². The average Bonchev–Trinajstić information content (AvgIpc) is 2.55. The van der Waals surface area contributed by atoms with E-state index in [-0.39, 0.29) is 5.91 Å². The Hall–Kier alpha value is -2.15. The Morgan fingerprint density at radius 2 is 2.13 bits per heavy atom. The minimum absolute atomic E-state index is 0.181. The standard InChI is InChI=1S/C16H17BrFN3O2/c1-23-11-6-7-13(17)12(10-11)16(22)20-9-3-8-19-15-5-2-4-14(18)21-15/h2,4-7,10H,3,8-9H2,1H3,(H,19,21)(H,20,22). The minimum Gasteiger partial charge on any atom is -0.497 e. The van der Waals surface area contributed by atoms with Gasteiger partial charge in [-0.2, -0.15) is 4.39 Å². The number of ether oxygens (including phenoxy) is 1. The molecule has 0 spiro atoms. The van der Waals surface area contributed by atoms with E-state index in [4.69, 9.17) is 4.74 Å². The lowest BCUT2D eigenvalue weighted by Crippen LogP contribution is -2.26. The van der Waals surface area contributed by atoms with E-state index in [1.807, 2.05) is 0 Å². The molecular weight excluding hydrogens is 365 g/mol. The first kappa shape index (κ1) is 17.2. The van der Waals surface area contributed by atoms with Crippen LogP contribution in [-0.2, 0) is 0 Å². The monoisotopic (exact) mass is 381 g/mol. The molecule has 2 rings (SSSR count). The first-order chi connectivity index (χ1) is 11.1. The molecule has 1 heterocycles. The van der Waals surface area contributed by atoms with E-state index in [9.17, 15) is 9.18 Å². The quantitative estimate of drug-likeness (QED) is 0.570. The molecule has 2 aromatic rings. The zero-order chi connectivity index (χ0) is 16.7. The lowest BCUT2D eigenvalue weighted by atomic mass is 10.2. The molecule has 0 bridgehead atoms. The molecule has 2 N–H and O–H groups in total. The largest absolute Gasteiger partial charge is 0.497 e. The summed E-state index contributed by atoms with van der Waals surface area (Å²) in [5.74, 6) is 0.398. The van der Waals surface area contributed by atoms with Crippen LogP contribution in [-0.4, -0.2) is 31.1 Å². The molecule has 1 aromatic heterocycles. The summed E-state index contributed by atoms with van der Waals surface area (Å²) in [6.45, 7) is 1.07. The number of carbonyl (C=O) groups excluding carboxylic acids is 1. The Kier molecular flexibility index (Phi) is 6.34. The lowest BCUT2D eigenvalue weighted by molar-refractivity contribution is 0.0952. The highest BCUT2D eigenvalue weighted by Crippen LogP contribution is 2.22. The van der Waals surface area contributed by atoms with Gasteiger partial charge in [0.15, 0.2) is 0 Å². The van der Waals surface area contributed by atoms with Gasteiger partial charge in [-0.1, -0.05) is 6.07 Å². The van der Waals surface area contributed by atoms with Gasteiger partial charge < -0.3 is 15.4 Å². The predicted octanol–water partition coefficient (Wildman–Crippen LogP) is 3.22. The number of benzene rings is 1. The zero-order valence-corrected chi connectivity index (χ0v) is 14.2. The van der Waals surface area contributed by atoms with Crippen LogP contribution in [0, 0.1) is 5.95 Å². The van der Waals surface area contributed by atoms with Gasteiger partial charge in [0.25, 0.3) is 5.91 Å². The molecule has 1 amide bonds. The van der Waals surface area contributed by atoms with Gasteiger partial charge in [0.2, 0.25) is 5.95 Å². The summed E-state index contributed by atoms with van der Waals surface area (Å²) in [5.41, 5.74) is 0.518. The molecule has 7 heteroatoms. The molecule has 0 atom stereocenters. The molecule has 0 aliphatic rings. The van der Waals surface area contributed by atoms with Crippen molar-refractivity contribution < 1.29 is 13.9 Å². The summed E-state index contributed by atoms with van der Waals surface area (Å²) in [6.07, 6.45) is 0.686. The van der Waals surface area contributed by atoms with Crippen molar-refractivity contribution in [2.45, 2.75) is 6.42 Å². The number of aromatic nitrogens is 1. The van der Waals surface area contributed by atoms with E-state index in [0.717, 1.165) is 0 Å². The third-order valence-corrected chi connectivity index (χ3v) is 3.77. The zero-order valence-electron chi connectivity index (χ0n) is 12.6. The van der Waals surface area contributed by atoms with Gasteiger partial charge in [-0.05, 0) is 52.7 Å². The Bertz CT molecular complexity index is 682. The van der Waals surface area contributed by atoms with Gasteiger partial charge in [0.05, 0.1) is 12.7 Å². The molecule has 122 valence electrons. The van der Waals surface area contributed by atoms with E-state index < -0.39 is 5.95 Å². The number of rotatable bonds is 7. The first-order valence-electron chi connectivity index (χ1n) is 7.08. The van der Waals surface area contributed by atoms with E-state index in [2.05, 4.69) is 31.5 Å². The van der Waals surface area contributed by atoms with Crippen LogP contribution in [0.1, 0.15) is 16.8 Å². The lowest BCUT2D eigenvalue weighted by Gasteiger charge is -2.09. The number of methoxy groups -OCH3 is 1. The molecule has 0 radical (unpaired) electrons. The second-order valence-electron chi connectivity index (χ2n) is 4.73. The number of carbonyl (C=O) groups is 1. The SMILES string of the molecule is COc1ccc(Br)c(C(=O)NCCCNc2cccc(F)n2)c1.